The molecule has 260 valence electrons. The van der Waals surface area contributed by atoms with Gasteiger partial charge in [0.15, 0.2) is 0 Å². The number of hydrogen-bond donors (Lipinski definition) is 0. The van der Waals surface area contributed by atoms with Gasteiger partial charge in [0, 0.05) is 56.0 Å². The van der Waals surface area contributed by atoms with Gasteiger partial charge in [-0.25, -0.2) is 0 Å². The Hall–Kier alpha value is -7.36. The summed E-state index contributed by atoms with van der Waals surface area (Å²) in [6.45, 7) is 0. The van der Waals surface area contributed by atoms with Crippen LogP contribution in [-0.4, -0.2) is 0 Å². The van der Waals surface area contributed by atoms with Gasteiger partial charge in [-0.15, -0.1) is 0 Å². The van der Waals surface area contributed by atoms with E-state index in [0.29, 0.717) is 0 Å². The third kappa shape index (κ3) is 5.80. The van der Waals surface area contributed by atoms with Crippen LogP contribution in [0, 0.1) is 0 Å². The molecule has 10 rings (SSSR count). The van der Waals surface area contributed by atoms with E-state index in [1.54, 1.807) is 0 Å². The molecular weight excluding hydrogens is 669 g/mol. The minimum absolute atomic E-state index is 0.852. The van der Waals surface area contributed by atoms with Crippen molar-refractivity contribution < 1.29 is 4.42 Å². The first kappa shape index (κ1) is 32.3. The standard InChI is InChI=1S/C52H36N2O/c1-5-17-39(18-6-1)53(40-19-7-2-8-20-40)43-33-29-37(30-34-43)49-50-47-27-15-13-25-45(47)46-26-14-16-28-48(46)52(50)55-51(49)38-31-35-44(36-32-38)54(41-21-9-3-10-22-41)42-23-11-4-12-24-42/h1-36H. The number of hydrogen-bond acceptors (Lipinski definition) is 3. The number of benzene rings is 9. The Morgan fingerprint density at radius 2 is 0.600 bits per heavy atom. The molecular formula is C52H36N2O. The smallest absolute Gasteiger partial charge is 0.143 e. The van der Waals surface area contributed by atoms with Crippen LogP contribution in [0.15, 0.2) is 223 Å². The van der Waals surface area contributed by atoms with E-state index in [1.807, 2.05) is 0 Å². The molecule has 9 aromatic carbocycles. The monoisotopic (exact) mass is 704 g/mol. The molecule has 0 atom stereocenters. The lowest BCUT2D eigenvalue weighted by Crippen LogP contribution is -2.09. The Morgan fingerprint density at radius 3 is 1.04 bits per heavy atom. The fraction of sp³-hybridized carbons (Fsp3) is 0. The molecule has 0 bridgehead atoms. The van der Waals surface area contributed by atoms with E-state index in [-0.39, 0.29) is 0 Å². The Bertz CT molecular complexity index is 2810. The van der Waals surface area contributed by atoms with Gasteiger partial charge in [-0.1, -0.05) is 133 Å². The van der Waals surface area contributed by atoms with Crippen LogP contribution in [0.25, 0.3) is 55.0 Å². The van der Waals surface area contributed by atoms with Crippen molar-refractivity contribution in [1.29, 1.82) is 0 Å². The van der Waals surface area contributed by atoms with Gasteiger partial charge < -0.3 is 14.2 Å². The third-order valence-corrected chi connectivity index (χ3v) is 10.4. The molecule has 0 aliphatic heterocycles. The van der Waals surface area contributed by atoms with Crippen molar-refractivity contribution in [2.24, 2.45) is 0 Å². The van der Waals surface area contributed by atoms with Gasteiger partial charge in [0.2, 0.25) is 0 Å². The topological polar surface area (TPSA) is 19.6 Å². The number of para-hydroxylation sites is 4. The fourth-order valence-electron chi connectivity index (χ4n) is 7.95. The number of fused-ring (bicyclic) bond motifs is 6. The highest BCUT2D eigenvalue weighted by atomic mass is 16.3. The van der Waals surface area contributed by atoms with Crippen molar-refractivity contribution in [1.82, 2.24) is 0 Å². The number of rotatable bonds is 8. The highest BCUT2D eigenvalue weighted by Crippen LogP contribution is 2.48. The quantitative estimate of drug-likeness (QED) is 0.147. The minimum atomic E-state index is 0.852. The molecule has 1 heterocycles. The highest BCUT2D eigenvalue weighted by Gasteiger charge is 2.24. The van der Waals surface area contributed by atoms with Crippen LogP contribution in [0.4, 0.5) is 34.1 Å². The predicted octanol–water partition coefficient (Wildman–Crippen LogP) is 15.0. The first-order valence-electron chi connectivity index (χ1n) is 18.7. The van der Waals surface area contributed by atoms with E-state index in [0.717, 1.165) is 72.9 Å². The van der Waals surface area contributed by atoms with Crippen LogP contribution < -0.4 is 9.80 Å². The van der Waals surface area contributed by atoms with E-state index in [9.17, 15) is 0 Å². The van der Waals surface area contributed by atoms with Gasteiger partial charge in [0.1, 0.15) is 11.3 Å². The highest BCUT2D eigenvalue weighted by molar-refractivity contribution is 6.28. The Morgan fingerprint density at radius 1 is 0.273 bits per heavy atom. The molecule has 1 aromatic heterocycles. The molecule has 0 aliphatic rings. The largest absolute Gasteiger partial charge is 0.455 e. The minimum Gasteiger partial charge on any atom is -0.455 e. The molecule has 0 fully saturated rings. The third-order valence-electron chi connectivity index (χ3n) is 10.4. The van der Waals surface area contributed by atoms with E-state index in [2.05, 4.69) is 228 Å². The maximum absolute atomic E-state index is 7.12. The lowest BCUT2D eigenvalue weighted by molar-refractivity contribution is 0.636. The fourth-order valence-corrected chi connectivity index (χ4v) is 7.95. The van der Waals surface area contributed by atoms with Gasteiger partial charge in [-0.2, -0.15) is 0 Å². The Labute approximate surface area is 320 Å². The van der Waals surface area contributed by atoms with Crippen molar-refractivity contribution >= 4 is 66.6 Å². The molecule has 0 aliphatic carbocycles. The molecule has 0 spiro atoms. The SMILES string of the molecule is c1ccc(N(c2ccccc2)c2ccc(-c3oc4c5ccccc5c5ccccc5c4c3-c3ccc(N(c4ccccc4)c4ccccc4)cc3)cc2)cc1. The first-order valence-corrected chi connectivity index (χ1v) is 18.7. The summed E-state index contributed by atoms with van der Waals surface area (Å²) in [6, 6.07) is 77.1. The molecule has 0 radical (unpaired) electrons. The van der Waals surface area contributed by atoms with E-state index in [4.69, 9.17) is 4.42 Å². The maximum Gasteiger partial charge on any atom is 0.143 e. The van der Waals surface area contributed by atoms with E-state index >= 15 is 0 Å². The van der Waals surface area contributed by atoms with Crippen LogP contribution in [0.3, 0.4) is 0 Å². The normalized spacial score (nSPS) is 11.3. The van der Waals surface area contributed by atoms with Crippen molar-refractivity contribution in [3.8, 4) is 22.5 Å². The second-order valence-corrected chi connectivity index (χ2v) is 13.7. The van der Waals surface area contributed by atoms with Crippen molar-refractivity contribution in [2.45, 2.75) is 0 Å². The average molecular weight is 705 g/mol. The molecule has 0 saturated carbocycles. The van der Waals surface area contributed by atoms with Gasteiger partial charge in [0.25, 0.3) is 0 Å². The Kier molecular flexibility index (Phi) is 8.16. The van der Waals surface area contributed by atoms with Crippen LogP contribution in [0.1, 0.15) is 0 Å². The molecule has 3 nitrogen and oxygen atoms in total. The summed E-state index contributed by atoms with van der Waals surface area (Å²) in [6.07, 6.45) is 0. The van der Waals surface area contributed by atoms with Crippen molar-refractivity contribution in [3.63, 3.8) is 0 Å². The number of furan rings is 1. The molecule has 0 saturated heterocycles. The molecule has 0 amide bonds. The molecule has 0 N–H and O–H groups in total. The zero-order valence-electron chi connectivity index (χ0n) is 30.1. The Balaban J connectivity index is 1.17. The zero-order chi connectivity index (χ0) is 36.6. The lowest BCUT2D eigenvalue weighted by atomic mass is 9.92. The summed E-state index contributed by atoms with van der Waals surface area (Å²) in [4.78, 5) is 4.58. The summed E-state index contributed by atoms with van der Waals surface area (Å²) in [5.74, 6) is 0.852. The molecule has 3 heteroatoms. The van der Waals surface area contributed by atoms with E-state index in [1.165, 1.54) is 16.2 Å². The second kappa shape index (κ2) is 13.9. The molecule has 10 aromatic rings. The van der Waals surface area contributed by atoms with Gasteiger partial charge in [-0.3, -0.25) is 0 Å². The molecule has 55 heavy (non-hydrogen) atoms. The maximum atomic E-state index is 7.12. The zero-order valence-corrected chi connectivity index (χ0v) is 30.1. The summed E-state index contributed by atoms with van der Waals surface area (Å²) in [7, 11) is 0. The average Bonchev–Trinajstić information content (AvgIpc) is 3.67. The first-order chi connectivity index (χ1) is 27.3. The second-order valence-electron chi connectivity index (χ2n) is 13.7. The number of anilines is 6. The van der Waals surface area contributed by atoms with Gasteiger partial charge in [0.05, 0.1) is 0 Å². The van der Waals surface area contributed by atoms with Crippen molar-refractivity contribution in [3.05, 3.63) is 218 Å². The predicted molar refractivity (Wildman–Crippen MR) is 231 cm³/mol. The number of nitrogens with zero attached hydrogens (tertiary/aromatic N) is 2. The lowest BCUT2D eigenvalue weighted by Gasteiger charge is -2.25. The summed E-state index contributed by atoms with van der Waals surface area (Å²) >= 11 is 0. The van der Waals surface area contributed by atoms with Gasteiger partial charge >= 0.3 is 0 Å². The van der Waals surface area contributed by atoms with E-state index < -0.39 is 0 Å². The van der Waals surface area contributed by atoms with Crippen LogP contribution in [0.2, 0.25) is 0 Å². The summed E-state index contributed by atoms with van der Waals surface area (Å²) in [5, 5.41) is 5.81. The van der Waals surface area contributed by atoms with Gasteiger partial charge in [-0.05, 0) is 107 Å². The molecule has 0 unspecified atom stereocenters. The summed E-state index contributed by atoms with van der Waals surface area (Å²) in [5.41, 5.74) is 10.7. The summed E-state index contributed by atoms with van der Waals surface area (Å²) < 4.78 is 7.12. The van der Waals surface area contributed by atoms with Crippen LogP contribution in [-0.2, 0) is 0 Å². The van der Waals surface area contributed by atoms with Crippen LogP contribution in [0.5, 0.6) is 0 Å². The van der Waals surface area contributed by atoms with Crippen LogP contribution >= 0.6 is 0 Å². The van der Waals surface area contributed by atoms with Crippen molar-refractivity contribution in [2.75, 3.05) is 9.80 Å².